The minimum absolute atomic E-state index is 0.0793. The molecule has 1 amide bonds. The van der Waals surface area contributed by atoms with Gasteiger partial charge in [0.2, 0.25) is 15.9 Å². The third kappa shape index (κ3) is 3.42. The van der Waals surface area contributed by atoms with E-state index >= 15 is 0 Å². The summed E-state index contributed by atoms with van der Waals surface area (Å²) in [5.41, 5.74) is 0.970. The van der Waals surface area contributed by atoms with Crippen LogP contribution in [-0.2, 0) is 14.8 Å². The third-order valence-electron chi connectivity index (χ3n) is 3.90. The standard InChI is InChI=1S/C15H19N3O4S2/c1-17(2)24(20,21)11-5-6-13-12(9-11)16-15(22-13)23-10-14(19)18-7-3-4-8-18/h5-6,9H,3-4,7-8,10H2,1-2H3. The summed E-state index contributed by atoms with van der Waals surface area (Å²) in [5.74, 6) is 0.353. The first-order chi connectivity index (χ1) is 11.4. The first kappa shape index (κ1) is 17.2. The van der Waals surface area contributed by atoms with Crippen LogP contribution in [-0.4, -0.2) is 61.5 Å². The zero-order valence-corrected chi connectivity index (χ0v) is 15.2. The molecule has 3 rings (SSSR count). The number of sulfonamides is 1. The molecule has 0 spiro atoms. The van der Waals surface area contributed by atoms with Crippen LogP contribution in [0.1, 0.15) is 12.8 Å². The largest absolute Gasteiger partial charge is 0.431 e. The van der Waals surface area contributed by atoms with E-state index in [9.17, 15) is 13.2 Å². The second kappa shape index (κ2) is 6.73. The van der Waals surface area contributed by atoms with Crippen LogP contribution in [0.25, 0.3) is 11.1 Å². The quantitative estimate of drug-likeness (QED) is 0.747. The lowest BCUT2D eigenvalue weighted by Crippen LogP contribution is -2.29. The van der Waals surface area contributed by atoms with Gasteiger partial charge in [-0.05, 0) is 31.0 Å². The highest BCUT2D eigenvalue weighted by molar-refractivity contribution is 7.99. The van der Waals surface area contributed by atoms with Gasteiger partial charge in [0.05, 0.1) is 10.6 Å². The number of carbonyl (C=O) groups excluding carboxylic acids is 1. The molecule has 1 saturated heterocycles. The molecule has 24 heavy (non-hydrogen) atoms. The Labute approximate surface area is 145 Å². The van der Waals surface area contributed by atoms with Crippen LogP contribution in [0.15, 0.2) is 32.7 Å². The van der Waals surface area contributed by atoms with Crippen LogP contribution >= 0.6 is 11.8 Å². The Morgan fingerprint density at radius 2 is 2.04 bits per heavy atom. The molecule has 0 atom stereocenters. The van der Waals surface area contributed by atoms with Gasteiger partial charge >= 0.3 is 0 Å². The summed E-state index contributed by atoms with van der Waals surface area (Å²) >= 11 is 1.23. The fourth-order valence-corrected chi connectivity index (χ4v) is 4.16. The molecule has 0 aliphatic carbocycles. The number of hydrogen-bond donors (Lipinski definition) is 0. The summed E-state index contributed by atoms with van der Waals surface area (Å²) in [6, 6.07) is 4.57. The maximum atomic E-state index is 12.2. The summed E-state index contributed by atoms with van der Waals surface area (Å²) in [6.07, 6.45) is 2.12. The summed E-state index contributed by atoms with van der Waals surface area (Å²) in [4.78, 5) is 18.3. The summed E-state index contributed by atoms with van der Waals surface area (Å²) in [5, 5.41) is 0.372. The average Bonchev–Trinajstić information content (AvgIpc) is 3.20. The minimum atomic E-state index is -3.51. The van der Waals surface area contributed by atoms with Gasteiger partial charge in [-0.1, -0.05) is 11.8 Å². The number of hydrogen-bond acceptors (Lipinski definition) is 6. The highest BCUT2D eigenvalue weighted by Crippen LogP contribution is 2.26. The number of carbonyl (C=O) groups is 1. The van der Waals surface area contributed by atoms with E-state index in [2.05, 4.69) is 4.98 Å². The fraction of sp³-hybridized carbons (Fsp3) is 0.467. The van der Waals surface area contributed by atoms with Crippen LogP contribution in [0.3, 0.4) is 0 Å². The van der Waals surface area contributed by atoms with Crippen LogP contribution in [0.4, 0.5) is 0 Å². The Morgan fingerprint density at radius 3 is 2.71 bits per heavy atom. The molecule has 1 aliphatic rings. The Balaban J connectivity index is 1.75. The van der Waals surface area contributed by atoms with Gasteiger partial charge in [-0.2, -0.15) is 0 Å². The van der Waals surface area contributed by atoms with Crippen molar-refractivity contribution in [3.05, 3.63) is 18.2 Å². The zero-order valence-electron chi connectivity index (χ0n) is 13.6. The molecule has 1 fully saturated rings. The van der Waals surface area contributed by atoms with Crippen LogP contribution in [0.5, 0.6) is 0 Å². The first-order valence-corrected chi connectivity index (χ1v) is 10.0. The SMILES string of the molecule is CN(C)S(=O)(=O)c1ccc2oc(SCC(=O)N3CCCC3)nc2c1. The molecule has 0 radical (unpaired) electrons. The molecule has 9 heteroatoms. The number of thioether (sulfide) groups is 1. The van der Waals surface area contributed by atoms with Gasteiger partial charge < -0.3 is 9.32 Å². The van der Waals surface area contributed by atoms with Crippen molar-refractivity contribution in [2.45, 2.75) is 23.0 Å². The average molecular weight is 369 g/mol. The zero-order chi connectivity index (χ0) is 17.3. The van der Waals surface area contributed by atoms with Gasteiger partial charge in [-0.25, -0.2) is 17.7 Å². The number of amides is 1. The Kier molecular flexibility index (Phi) is 4.84. The van der Waals surface area contributed by atoms with Crippen LogP contribution < -0.4 is 0 Å². The number of fused-ring (bicyclic) bond motifs is 1. The number of aromatic nitrogens is 1. The van der Waals surface area contributed by atoms with Gasteiger partial charge in [-0.15, -0.1) is 0 Å². The predicted octanol–water partition coefficient (Wildman–Crippen LogP) is 1.79. The number of nitrogens with zero attached hydrogens (tertiary/aromatic N) is 3. The van der Waals surface area contributed by atoms with Crippen molar-refractivity contribution in [2.75, 3.05) is 32.9 Å². The molecular formula is C15H19N3O4S2. The highest BCUT2D eigenvalue weighted by Gasteiger charge is 2.21. The van der Waals surface area contributed by atoms with E-state index in [1.165, 1.54) is 38.0 Å². The molecular weight excluding hydrogens is 350 g/mol. The number of oxazole rings is 1. The first-order valence-electron chi connectivity index (χ1n) is 7.61. The normalized spacial score (nSPS) is 15.5. The van der Waals surface area contributed by atoms with Crippen LogP contribution in [0, 0.1) is 0 Å². The molecule has 2 heterocycles. The lowest BCUT2D eigenvalue weighted by atomic mass is 10.3. The monoisotopic (exact) mass is 369 g/mol. The molecule has 1 aromatic heterocycles. The van der Waals surface area contributed by atoms with E-state index in [0.29, 0.717) is 16.3 Å². The van der Waals surface area contributed by atoms with Crippen molar-refractivity contribution < 1.29 is 17.6 Å². The second-order valence-electron chi connectivity index (χ2n) is 5.77. The second-order valence-corrected chi connectivity index (χ2v) is 8.85. The third-order valence-corrected chi connectivity index (χ3v) is 6.52. The summed E-state index contributed by atoms with van der Waals surface area (Å²) in [6.45, 7) is 1.64. The predicted molar refractivity (Wildman–Crippen MR) is 91.4 cm³/mol. The van der Waals surface area contributed by atoms with E-state index in [1.807, 2.05) is 4.90 Å². The van der Waals surface area contributed by atoms with Crippen molar-refractivity contribution in [2.24, 2.45) is 0 Å². The highest BCUT2D eigenvalue weighted by atomic mass is 32.2. The van der Waals surface area contributed by atoms with E-state index in [-0.39, 0.29) is 16.6 Å². The molecule has 0 bridgehead atoms. The lowest BCUT2D eigenvalue weighted by molar-refractivity contribution is -0.127. The topological polar surface area (TPSA) is 83.7 Å². The molecule has 130 valence electrons. The Bertz CT molecular complexity index is 855. The molecule has 1 aromatic carbocycles. The van der Waals surface area contributed by atoms with Crippen molar-refractivity contribution in [1.29, 1.82) is 0 Å². The van der Waals surface area contributed by atoms with E-state index in [1.54, 1.807) is 6.07 Å². The van der Waals surface area contributed by atoms with Crippen molar-refractivity contribution >= 4 is 38.8 Å². The molecule has 7 nitrogen and oxygen atoms in total. The molecule has 2 aromatic rings. The fourth-order valence-electron chi connectivity index (χ4n) is 2.50. The number of rotatable bonds is 5. The van der Waals surface area contributed by atoms with Gasteiger partial charge in [0.15, 0.2) is 5.58 Å². The lowest BCUT2D eigenvalue weighted by Gasteiger charge is -2.13. The van der Waals surface area contributed by atoms with Crippen LogP contribution in [0.2, 0.25) is 0 Å². The van der Waals surface area contributed by atoms with Crippen molar-refractivity contribution in [3.63, 3.8) is 0 Å². The minimum Gasteiger partial charge on any atom is -0.431 e. The summed E-state index contributed by atoms with van der Waals surface area (Å²) < 4.78 is 31.0. The number of likely N-dealkylation sites (tertiary alicyclic amines) is 1. The van der Waals surface area contributed by atoms with E-state index in [4.69, 9.17) is 4.42 Å². The maximum Gasteiger partial charge on any atom is 0.257 e. The Hall–Kier alpha value is -1.58. The maximum absolute atomic E-state index is 12.2. The molecule has 0 N–H and O–H groups in total. The van der Waals surface area contributed by atoms with Gasteiger partial charge in [0, 0.05) is 27.2 Å². The van der Waals surface area contributed by atoms with Gasteiger partial charge in [0.25, 0.3) is 5.22 Å². The van der Waals surface area contributed by atoms with E-state index in [0.717, 1.165) is 30.2 Å². The number of benzene rings is 1. The van der Waals surface area contributed by atoms with Crippen molar-refractivity contribution in [1.82, 2.24) is 14.2 Å². The van der Waals surface area contributed by atoms with Gasteiger partial charge in [0.1, 0.15) is 5.52 Å². The molecule has 0 unspecified atom stereocenters. The smallest absolute Gasteiger partial charge is 0.257 e. The molecule has 1 aliphatic heterocycles. The summed E-state index contributed by atoms with van der Waals surface area (Å²) in [7, 11) is -0.552. The van der Waals surface area contributed by atoms with Crippen molar-refractivity contribution in [3.8, 4) is 0 Å². The van der Waals surface area contributed by atoms with E-state index < -0.39 is 10.0 Å². The van der Waals surface area contributed by atoms with Gasteiger partial charge in [-0.3, -0.25) is 4.79 Å². The molecule has 0 saturated carbocycles. The Morgan fingerprint density at radius 1 is 1.33 bits per heavy atom.